The van der Waals surface area contributed by atoms with Crippen molar-refractivity contribution in [3.8, 4) is 5.75 Å². The summed E-state index contributed by atoms with van der Waals surface area (Å²) in [5, 5.41) is 3.47. The molecule has 6 heteroatoms. The number of carbonyl (C=O) groups is 1. The number of rotatable bonds is 5. The van der Waals surface area contributed by atoms with Gasteiger partial charge in [-0.05, 0) is 48.9 Å². The van der Waals surface area contributed by atoms with Crippen molar-refractivity contribution in [3.05, 3.63) is 94.9 Å². The molecule has 2 aromatic carbocycles. The van der Waals surface area contributed by atoms with Crippen molar-refractivity contribution in [2.45, 2.75) is 13.5 Å². The Bertz CT molecular complexity index is 1120. The summed E-state index contributed by atoms with van der Waals surface area (Å²) < 4.78 is 7.83. The molecule has 0 saturated carbocycles. The van der Waals surface area contributed by atoms with Gasteiger partial charge in [-0.2, -0.15) is 0 Å². The number of fused-ring (bicyclic) bond motifs is 1. The fourth-order valence-corrected chi connectivity index (χ4v) is 3.08. The van der Waals surface area contributed by atoms with Gasteiger partial charge in [-0.3, -0.25) is 4.79 Å². The number of halogens is 1. The Kier molecular flexibility index (Phi) is 5.00. The van der Waals surface area contributed by atoms with Gasteiger partial charge in [-0.25, -0.2) is 4.98 Å². The third-order valence-corrected chi connectivity index (χ3v) is 4.60. The van der Waals surface area contributed by atoms with Gasteiger partial charge in [0.05, 0.1) is 11.3 Å². The average Bonchev–Trinajstić information content (AvgIpc) is 3.12. The number of pyridine rings is 1. The Morgan fingerprint density at radius 1 is 1.14 bits per heavy atom. The van der Waals surface area contributed by atoms with E-state index in [0.717, 1.165) is 16.9 Å². The summed E-state index contributed by atoms with van der Waals surface area (Å²) in [4.78, 5) is 17.3. The lowest BCUT2D eigenvalue weighted by atomic mass is 10.1. The number of hydrogen-bond donors (Lipinski definition) is 1. The number of nitrogens with zero attached hydrogens (tertiary/aromatic N) is 2. The third kappa shape index (κ3) is 3.85. The molecule has 0 saturated heterocycles. The number of imidazole rings is 1. The molecule has 28 heavy (non-hydrogen) atoms. The summed E-state index contributed by atoms with van der Waals surface area (Å²) in [6.07, 6.45) is 3.84. The van der Waals surface area contributed by atoms with E-state index in [1.165, 1.54) is 0 Å². The number of anilines is 1. The first-order valence-electron chi connectivity index (χ1n) is 8.82. The van der Waals surface area contributed by atoms with E-state index in [2.05, 4.69) is 10.3 Å². The summed E-state index contributed by atoms with van der Waals surface area (Å²) in [5.74, 6) is 0.243. The van der Waals surface area contributed by atoms with Crippen molar-refractivity contribution in [1.82, 2.24) is 9.38 Å². The minimum absolute atomic E-state index is 0.254. The molecule has 4 rings (SSSR count). The molecule has 0 bridgehead atoms. The number of benzene rings is 2. The van der Waals surface area contributed by atoms with Gasteiger partial charge >= 0.3 is 0 Å². The molecule has 0 radical (unpaired) electrons. The Morgan fingerprint density at radius 3 is 2.82 bits per heavy atom. The lowest BCUT2D eigenvalue weighted by molar-refractivity contribution is 0.102. The maximum atomic E-state index is 12.8. The third-order valence-electron chi connectivity index (χ3n) is 4.37. The molecule has 0 fully saturated rings. The molecule has 0 aliphatic heterocycles. The van der Waals surface area contributed by atoms with Crippen molar-refractivity contribution in [3.63, 3.8) is 0 Å². The monoisotopic (exact) mass is 391 g/mol. The van der Waals surface area contributed by atoms with Gasteiger partial charge in [0.2, 0.25) is 0 Å². The molecule has 0 aliphatic rings. The topological polar surface area (TPSA) is 55.6 Å². The molecule has 2 aromatic heterocycles. The van der Waals surface area contributed by atoms with E-state index < -0.39 is 0 Å². The van der Waals surface area contributed by atoms with Gasteiger partial charge in [-0.1, -0.05) is 35.9 Å². The Labute approximate surface area is 167 Å². The molecule has 0 unspecified atom stereocenters. The number of hydrogen-bond acceptors (Lipinski definition) is 3. The van der Waals surface area contributed by atoms with Crippen molar-refractivity contribution < 1.29 is 9.53 Å². The van der Waals surface area contributed by atoms with Crippen LogP contribution in [0.3, 0.4) is 0 Å². The fraction of sp³-hybridized carbons (Fsp3) is 0.0909. The highest BCUT2D eigenvalue weighted by Crippen LogP contribution is 2.24. The van der Waals surface area contributed by atoms with Crippen LogP contribution in [-0.2, 0) is 6.61 Å². The lowest BCUT2D eigenvalue weighted by Crippen LogP contribution is -2.14. The maximum absolute atomic E-state index is 12.8. The summed E-state index contributed by atoms with van der Waals surface area (Å²) in [6.45, 7) is 2.18. The molecular formula is C22H18ClN3O2. The molecule has 0 spiro atoms. The van der Waals surface area contributed by atoms with Crippen LogP contribution in [0.1, 0.15) is 21.6 Å². The van der Waals surface area contributed by atoms with Gasteiger partial charge in [0.15, 0.2) is 0 Å². The van der Waals surface area contributed by atoms with E-state index in [9.17, 15) is 4.79 Å². The number of carbonyl (C=O) groups excluding carboxylic acids is 1. The molecule has 5 nitrogen and oxygen atoms in total. The minimum Gasteiger partial charge on any atom is -0.486 e. The predicted octanol–water partition coefficient (Wildman–Crippen LogP) is 5.13. The number of aromatic nitrogens is 2. The molecule has 4 aromatic rings. The van der Waals surface area contributed by atoms with Crippen LogP contribution in [0, 0.1) is 6.92 Å². The van der Waals surface area contributed by atoms with Crippen LogP contribution in [0.2, 0.25) is 5.02 Å². The van der Waals surface area contributed by atoms with Crippen LogP contribution in [0.15, 0.2) is 73.1 Å². The van der Waals surface area contributed by atoms with Crippen LogP contribution >= 0.6 is 11.6 Å². The maximum Gasteiger partial charge on any atom is 0.259 e. The summed E-state index contributed by atoms with van der Waals surface area (Å²) in [6, 6.07) is 18.3. The highest BCUT2D eigenvalue weighted by molar-refractivity contribution is 6.31. The molecule has 0 aliphatic carbocycles. The van der Waals surface area contributed by atoms with Crippen LogP contribution in [-0.4, -0.2) is 15.3 Å². The molecule has 0 atom stereocenters. The SMILES string of the molecule is Cc1ccc(Cl)cc1NC(=O)c1ccccc1OCc1cn2ccccc2n1. The second-order valence-electron chi connectivity index (χ2n) is 6.40. The summed E-state index contributed by atoms with van der Waals surface area (Å²) >= 11 is 6.04. The van der Waals surface area contributed by atoms with E-state index in [-0.39, 0.29) is 12.5 Å². The quantitative estimate of drug-likeness (QED) is 0.513. The summed E-state index contributed by atoms with van der Waals surface area (Å²) in [7, 11) is 0. The van der Waals surface area contributed by atoms with E-state index in [4.69, 9.17) is 16.3 Å². The van der Waals surface area contributed by atoms with Gasteiger partial charge in [0.25, 0.3) is 5.91 Å². The Hall–Kier alpha value is -3.31. The molecule has 140 valence electrons. The number of nitrogens with one attached hydrogen (secondary N) is 1. The minimum atomic E-state index is -0.254. The van der Waals surface area contributed by atoms with Crippen molar-refractivity contribution in [2.75, 3.05) is 5.32 Å². The zero-order valence-corrected chi connectivity index (χ0v) is 16.0. The van der Waals surface area contributed by atoms with Crippen LogP contribution in [0.5, 0.6) is 5.75 Å². The first kappa shape index (κ1) is 18.1. The lowest BCUT2D eigenvalue weighted by Gasteiger charge is -2.12. The zero-order valence-electron chi connectivity index (χ0n) is 15.2. The Balaban J connectivity index is 1.52. The van der Waals surface area contributed by atoms with Crippen molar-refractivity contribution >= 4 is 28.8 Å². The predicted molar refractivity (Wildman–Crippen MR) is 110 cm³/mol. The van der Waals surface area contributed by atoms with Crippen LogP contribution in [0.4, 0.5) is 5.69 Å². The van der Waals surface area contributed by atoms with E-state index in [0.29, 0.717) is 22.0 Å². The smallest absolute Gasteiger partial charge is 0.259 e. The fourth-order valence-electron chi connectivity index (χ4n) is 2.91. The van der Waals surface area contributed by atoms with Crippen LogP contribution < -0.4 is 10.1 Å². The van der Waals surface area contributed by atoms with E-state index in [1.807, 2.05) is 54.0 Å². The van der Waals surface area contributed by atoms with E-state index >= 15 is 0 Å². The standard InChI is InChI=1S/C22H18ClN3O2/c1-15-9-10-16(23)12-19(15)25-22(27)18-6-2-3-7-20(18)28-14-17-13-26-11-5-4-8-21(26)24-17/h2-13H,14H2,1H3,(H,25,27). The zero-order chi connectivity index (χ0) is 19.5. The first-order valence-corrected chi connectivity index (χ1v) is 9.20. The second-order valence-corrected chi connectivity index (χ2v) is 6.83. The second kappa shape index (κ2) is 7.74. The largest absolute Gasteiger partial charge is 0.486 e. The first-order chi connectivity index (χ1) is 13.6. The number of para-hydroxylation sites is 1. The van der Waals surface area contributed by atoms with Gasteiger partial charge in [-0.15, -0.1) is 0 Å². The van der Waals surface area contributed by atoms with Gasteiger partial charge in [0, 0.05) is 23.1 Å². The number of amides is 1. The molecule has 1 amide bonds. The number of aryl methyl sites for hydroxylation is 1. The molecular weight excluding hydrogens is 374 g/mol. The number of ether oxygens (including phenoxy) is 1. The highest BCUT2D eigenvalue weighted by Gasteiger charge is 2.14. The van der Waals surface area contributed by atoms with Gasteiger partial charge < -0.3 is 14.5 Å². The molecule has 1 N–H and O–H groups in total. The van der Waals surface area contributed by atoms with E-state index in [1.54, 1.807) is 30.3 Å². The van der Waals surface area contributed by atoms with Gasteiger partial charge in [0.1, 0.15) is 18.0 Å². The Morgan fingerprint density at radius 2 is 1.96 bits per heavy atom. The van der Waals surface area contributed by atoms with Crippen LogP contribution in [0.25, 0.3) is 5.65 Å². The van der Waals surface area contributed by atoms with Crippen molar-refractivity contribution in [2.24, 2.45) is 0 Å². The normalized spacial score (nSPS) is 10.8. The highest BCUT2D eigenvalue weighted by atomic mass is 35.5. The summed E-state index contributed by atoms with van der Waals surface area (Å²) in [5.41, 5.74) is 3.69. The van der Waals surface area contributed by atoms with Crippen molar-refractivity contribution in [1.29, 1.82) is 0 Å². The molecule has 2 heterocycles. The average molecular weight is 392 g/mol.